The molecule has 1 aliphatic heterocycles. The monoisotopic (exact) mass is 456 g/mol. The fraction of sp³-hybridized carbons (Fsp3) is 0.167. The number of rotatable bonds is 4. The van der Waals surface area contributed by atoms with Crippen LogP contribution in [0.15, 0.2) is 76.5 Å². The lowest BCUT2D eigenvalue weighted by atomic mass is 10.1. The van der Waals surface area contributed by atoms with Crippen molar-refractivity contribution >= 4 is 29.3 Å². The molecule has 0 radical (unpaired) electrons. The number of amides is 2. The van der Waals surface area contributed by atoms with Crippen molar-refractivity contribution in [3.05, 3.63) is 89.0 Å². The first-order valence-electron chi connectivity index (χ1n) is 9.95. The molecule has 0 aromatic heterocycles. The molecule has 0 fully saturated rings. The van der Waals surface area contributed by atoms with Gasteiger partial charge in [-0.25, -0.2) is 0 Å². The molecule has 0 saturated carbocycles. The lowest BCUT2D eigenvalue weighted by molar-refractivity contribution is -0.137. The maximum absolute atomic E-state index is 13.1. The van der Waals surface area contributed by atoms with Gasteiger partial charge in [-0.1, -0.05) is 36.0 Å². The van der Waals surface area contributed by atoms with Crippen LogP contribution in [-0.2, 0) is 12.7 Å². The van der Waals surface area contributed by atoms with E-state index in [1.165, 1.54) is 23.9 Å². The van der Waals surface area contributed by atoms with Crippen LogP contribution in [0.4, 0.5) is 18.9 Å². The predicted octanol–water partition coefficient (Wildman–Crippen LogP) is 5.77. The van der Waals surface area contributed by atoms with Crippen molar-refractivity contribution < 1.29 is 22.8 Å². The summed E-state index contributed by atoms with van der Waals surface area (Å²) >= 11 is 1.46. The zero-order valence-corrected chi connectivity index (χ0v) is 17.9. The largest absolute Gasteiger partial charge is 0.416 e. The Hall–Kier alpha value is -3.26. The van der Waals surface area contributed by atoms with Gasteiger partial charge in [-0.15, -0.1) is 0 Å². The number of fused-ring (bicyclic) bond motifs is 2. The van der Waals surface area contributed by atoms with E-state index in [1.54, 1.807) is 29.2 Å². The summed E-state index contributed by atoms with van der Waals surface area (Å²) in [6.07, 6.45) is -4.44. The van der Waals surface area contributed by atoms with E-state index in [0.717, 1.165) is 21.9 Å². The van der Waals surface area contributed by atoms with Gasteiger partial charge >= 0.3 is 6.18 Å². The van der Waals surface area contributed by atoms with Gasteiger partial charge in [-0.3, -0.25) is 9.59 Å². The second-order valence-electron chi connectivity index (χ2n) is 7.21. The number of anilines is 1. The van der Waals surface area contributed by atoms with Gasteiger partial charge in [0.1, 0.15) is 0 Å². The number of halogens is 3. The number of benzene rings is 3. The molecule has 0 unspecified atom stereocenters. The second-order valence-corrected chi connectivity index (χ2v) is 8.29. The van der Waals surface area contributed by atoms with Gasteiger partial charge < -0.3 is 10.2 Å². The molecule has 164 valence electrons. The van der Waals surface area contributed by atoms with E-state index in [9.17, 15) is 22.8 Å². The van der Waals surface area contributed by atoms with Gasteiger partial charge in [-0.05, 0) is 55.0 Å². The molecule has 0 aliphatic carbocycles. The van der Waals surface area contributed by atoms with Crippen LogP contribution in [0.3, 0.4) is 0 Å². The maximum atomic E-state index is 13.1. The molecule has 0 spiro atoms. The Balaban J connectivity index is 1.57. The number of carbonyl (C=O) groups excluding carboxylic acids is 2. The minimum absolute atomic E-state index is 0.0452. The quantitative estimate of drug-likeness (QED) is 0.543. The lowest BCUT2D eigenvalue weighted by Crippen LogP contribution is -2.31. The summed E-state index contributed by atoms with van der Waals surface area (Å²) < 4.78 is 38.7. The van der Waals surface area contributed by atoms with Crippen LogP contribution in [0.1, 0.15) is 38.8 Å². The zero-order chi connectivity index (χ0) is 22.9. The molecule has 32 heavy (non-hydrogen) atoms. The fourth-order valence-corrected chi connectivity index (χ4v) is 4.58. The van der Waals surface area contributed by atoms with E-state index >= 15 is 0 Å². The van der Waals surface area contributed by atoms with E-state index in [-0.39, 0.29) is 12.5 Å². The summed E-state index contributed by atoms with van der Waals surface area (Å²) in [4.78, 5) is 29.1. The number of nitrogens with one attached hydrogen (secondary N) is 1. The van der Waals surface area contributed by atoms with E-state index in [2.05, 4.69) is 5.32 Å². The van der Waals surface area contributed by atoms with Crippen molar-refractivity contribution in [1.29, 1.82) is 0 Å². The molecule has 4 rings (SSSR count). The number of hydrogen-bond acceptors (Lipinski definition) is 3. The highest BCUT2D eigenvalue weighted by atomic mass is 32.2. The van der Waals surface area contributed by atoms with Crippen molar-refractivity contribution in [2.24, 2.45) is 0 Å². The van der Waals surface area contributed by atoms with Crippen molar-refractivity contribution in [1.82, 2.24) is 5.32 Å². The van der Waals surface area contributed by atoms with Crippen LogP contribution < -0.4 is 10.2 Å². The molecule has 8 heteroatoms. The average molecular weight is 456 g/mol. The molecule has 4 nitrogen and oxygen atoms in total. The van der Waals surface area contributed by atoms with E-state index in [4.69, 9.17) is 0 Å². The molecule has 2 amide bonds. The summed E-state index contributed by atoms with van der Waals surface area (Å²) in [7, 11) is 0. The smallest absolute Gasteiger partial charge is 0.348 e. The van der Waals surface area contributed by atoms with Gasteiger partial charge in [0.25, 0.3) is 11.8 Å². The van der Waals surface area contributed by atoms with Gasteiger partial charge in [0, 0.05) is 28.4 Å². The van der Waals surface area contributed by atoms with Gasteiger partial charge in [0.05, 0.1) is 16.8 Å². The van der Waals surface area contributed by atoms with E-state index < -0.39 is 17.6 Å². The van der Waals surface area contributed by atoms with Gasteiger partial charge in [-0.2, -0.15) is 13.2 Å². The Morgan fingerprint density at radius 2 is 1.78 bits per heavy atom. The fourth-order valence-electron chi connectivity index (χ4n) is 3.52. The van der Waals surface area contributed by atoms with Crippen LogP contribution >= 0.6 is 11.8 Å². The summed E-state index contributed by atoms with van der Waals surface area (Å²) in [5.74, 6) is -0.573. The standard InChI is InChI=1S/C24H19F3N2O2S/c1-2-29-19-13-16(10-11-21(19)32-20-9-4-3-8-18(20)23(29)31)22(30)28-14-15-6-5-7-17(12-15)24(25,26)27/h3-13H,2,14H2,1H3,(H,28,30). The Morgan fingerprint density at radius 3 is 2.53 bits per heavy atom. The highest BCUT2D eigenvalue weighted by Gasteiger charge is 2.30. The van der Waals surface area contributed by atoms with E-state index in [1.807, 2.05) is 25.1 Å². The Bertz CT molecular complexity index is 1190. The summed E-state index contributed by atoms with van der Waals surface area (Å²) in [5, 5.41) is 2.66. The summed E-state index contributed by atoms with van der Waals surface area (Å²) in [5.41, 5.74) is 1.15. The molecule has 0 saturated heterocycles. The van der Waals surface area contributed by atoms with E-state index in [0.29, 0.717) is 28.9 Å². The Labute approximate surface area is 187 Å². The molecule has 1 heterocycles. The van der Waals surface area contributed by atoms with Gasteiger partial charge in [0.2, 0.25) is 0 Å². The van der Waals surface area contributed by atoms with Crippen LogP contribution in [-0.4, -0.2) is 18.4 Å². The van der Waals surface area contributed by atoms with Crippen molar-refractivity contribution in [3.8, 4) is 0 Å². The third-order valence-corrected chi connectivity index (χ3v) is 6.26. The first kappa shape index (κ1) is 22.0. The van der Waals surface area contributed by atoms with Crippen LogP contribution in [0.25, 0.3) is 0 Å². The third-order valence-electron chi connectivity index (χ3n) is 5.12. The lowest BCUT2D eigenvalue weighted by Gasteiger charge is -2.21. The molecule has 1 N–H and O–H groups in total. The molecule has 0 bridgehead atoms. The normalized spacial score (nSPS) is 13.2. The van der Waals surface area contributed by atoms with Crippen molar-refractivity contribution in [2.75, 3.05) is 11.4 Å². The number of alkyl halides is 3. The highest BCUT2D eigenvalue weighted by molar-refractivity contribution is 7.99. The zero-order valence-electron chi connectivity index (χ0n) is 17.1. The Morgan fingerprint density at radius 1 is 1.00 bits per heavy atom. The second kappa shape index (κ2) is 8.70. The first-order chi connectivity index (χ1) is 15.3. The molecule has 3 aromatic carbocycles. The summed E-state index contributed by atoms with van der Waals surface area (Å²) in [6.45, 7) is 2.24. The van der Waals surface area contributed by atoms with Crippen LogP contribution in [0.2, 0.25) is 0 Å². The number of carbonyl (C=O) groups is 2. The van der Waals surface area contributed by atoms with Crippen molar-refractivity contribution in [3.63, 3.8) is 0 Å². The average Bonchev–Trinajstić information content (AvgIpc) is 2.90. The predicted molar refractivity (Wildman–Crippen MR) is 117 cm³/mol. The molecule has 3 aromatic rings. The molecular formula is C24H19F3N2O2S. The van der Waals surface area contributed by atoms with Gasteiger partial charge in [0.15, 0.2) is 0 Å². The molecule has 0 atom stereocenters. The Kier molecular flexibility index (Phi) is 5.97. The SMILES string of the molecule is CCN1C(=O)c2ccccc2Sc2ccc(C(=O)NCc3cccc(C(F)(F)F)c3)cc21. The molecular weight excluding hydrogens is 437 g/mol. The minimum Gasteiger partial charge on any atom is -0.348 e. The maximum Gasteiger partial charge on any atom is 0.416 e. The number of nitrogens with zero attached hydrogens (tertiary/aromatic N) is 1. The topological polar surface area (TPSA) is 49.4 Å². The number of hydrogen-bond donors (Lipinski definition) is 1. The third kappa shape index (κ3) is 4.36. The molecule has 1 aliphatic rings. The highest BCUT2D eigenvalue weighted by Crippen LogP contribution is 2.41. The van der Waals surface area contributed by atoms with Crippen LogP contribution in [0, 0.1) is 0 Å². The van der Waals surface area contributed by atoms with Crippen LogP contribution in [0.5, 0.6) is 0 Å². The minimum atomic E-state index is -4.44. The summed E-state index contributed by atoms with van der Waals surface area (Å²) in [6, 6.07) is 17.3. The van der Waals surface area contributed by atoms with Crippen molar-refractivity contribution in [2.45, 2.75) is 29.4 Å². The first-order valence-corrected chi connectivity index (χ1v) is 10.8.